The number of benzene rings is 1. The predicted octanol–water partition coefficient (Wildman–Crippen LogP) is 2.59. The van der Waals surface area contributed by atoms with Crippen LogP contribution in [0.4, 0.5) is 0 Å². The number of ether oxygens (including phenoxy) is 2. The molecule has 94 valence electrons. The highest BCUT2D eigenvalue weighted by Gasteiger charge is 2.09. The predicted molar refractivity (Wildman–Crippen MR) is 67.6 cm³/mol. The van der Waals surface area contributed by atoms with Crippen LogP contribution in [0.3, 0.4) is 0 Å². The number of halogens is 1. The lowest BCUT2D eigenvalue weighted by Crippen LogP contribution is -1.99. The Balaban J connectivity index is 2.14. The zero-order valence-electron chi connectivity index (χ0n) is 9.42. The molecule has 1 heterocycles. The van der Waals surface area contributed by atoms with Crippen molar-refractivity contribution in [3.8, 4) is 11.5 Å². The SMILES string of the molecule is COc1cc(C=O)ccc1OCc1nnsc1Cl. The summed E-state index contributed by atoms with van der Waals surface area (Å²) in [5, 5.41) is 3.83. The van der Waals surface area contributed by atoms with E-state index in [4.69, 9.17) is 21.1 Å². The lowest BCUT2D eigenvalue weighted by atomic mass is 10.2. The molecule has 1 aromatic heterocycles. The summed E-state index contributed by atoms with van der Waals surface area (Å²) in [6.07, 6.45) is 0.744. The molecule has 18 heavy (non-hydrogen) atoms. The smallest absolute Gasteiger partial charge is 0.161 e. The number of carbonyl (C=O) groups is 1. The van der Waals surface area contributed by atoms with Crippen molar-refractivity contribution < 1.29 is 14.3 Å². The normalized spacial score (nSPS) is 10.1. The number of carbonyl (C=O) groups excluding carboxylic acids is 1. The first-order chi connectivity index (χ1) is 8.74. The number of rotatable bonds is 5. The molecule has 0 N–H and O–H groups in total. The maximum Gasteiger partial charge on any atom is 0.161 e. The summed E-state index contributed by atoms with van der Waals surface area (Å²) < 4.78 is 14.9. The molecule has 1 aromatic carbocycles. The Labute approximate surface area is 112 Å². The summed E-state index contributed by atoms with van der Waals surface area (Å²) in [7, 11) is 1.51. The fraction of sp³-hybridized carbons (Fsp3) is 0.182. The summed E-state index contributed by atoms with van der Waals surface area (Å²) >= 11 is 6.97. The van der Waals surface area contributed by atoms with Gasteiger partial charge in [-0.3, -0.25) is 4.79 Å². The van der Waals surface area contributed by atoms with Crippen LogP contribution < -0.4 is 9.47 Å². The summed E-state index contributed by atoms with van der Waals surface area (Å²) in [4.78, 5) is 10.6. The van der Waals surface area contributed by atoms with Crippen molar-refractivity contribution in [3.05, 3.63) is 33.8 Å². The van der Waals surface area contributed by atoms with Gasteiger partial charge in [-0.1, -0.05) is 16.1 Å². The van der Waals surface area contributed by atoms with Crippen molar-refractivity contribution in [2.24, 2.45) is 0 Å². The topological polar surface area (TPSA) is 61.3 Å². The monoisotopic (exact) mass is 284 g/mol. The first-order valence-corrected chi connectivity index (χ1v) is 6.12. The van der Waals surface area contributed by atoms with E-state index in [0.29, 0.717) is 27.1 Å². The van der Waals surface area contributed by atoms with E-state index in [-0.39, 0.29) is 6.61 Å². The van der Waals surface area contributed by atoms with Crippen LogP contribution >= 0.6 is 23.1 Å². The molecule has 0 spiro atoms. The Hall–Kier alpha value is -1.66. The molecular weight excluding hydrogens is 276 g/mol. The molecule has 0 atom stereocenters. The highest BCUT2D eigenvalue weighted by Crippen LogP contribution is 2.29. The van der Waals surface area contributed by atoms with Gasteiger partial charge in [-0.2, -0.15) is 0 Å². The van der Waals surface area contributed by atoms with Crippen molar-refractivity contribution in [1.29, 1.82) is 0 Å². The third kappa shape index (κ3) is 2.77. The van der Waals surface area contributed by atoms with Crippen molar-refractivity contribution in [1.82, 2.24) is 9.59 Å². The van der Waals surface area contributed by atoms with Crippen LogP contribution in [0.15, 0.2) is 18.2 Å². The quantitative estimate of drug-likeness (QED) is 0.790. The van der Waals surface area contributed by atoms with Gasteiger partial charge in [0.1, 0.15) is 22.9 Å². The molecule has 0 aliphatic carbocycles. The minimum Gasteiger partial charge on any atom is -0.493 e. The summed E-state index contributed by atoms with van der Waals surface area (Å²) in [6, 6.07) is 4.91. The van der Waals surface area contributed by atoms with Crippen LogP contribution in [0.5, 0.6) is 11.5 Å². The Morgan fingerprint density at radius 1 is 1.44 bits per heavy atom. The molecule has 2 aromatic rings. The third-order valence-electron chi connectivity index (χ3n) is 2.20. The molecule has 0 aliphatic heterocycles. The van der Waals surface area contributed by atoms with Crippen LogP contribution in [0, 0.1) is 0 Å². The van der Waals surface area contributed by atoms with Gasteiger partial charge in [0, 0.05) is 17.1 Å². The molecule has 0 radical (unpaired) electrons. The maximum atomic E-state index is 10.6. The standard InChI is InChI=1S/C11H9ClN2O3S/c1-16-10-4-7(5-15)2-3-9(10)17-6-8-11(12)18-14-13-8/h2-5H,6H2,1H3. The van der Waals surface area contributed by atoms with Crippen LogP contribution in [-0.4, -0.2) is 23.0 Å². The van der Waals surface area contributed by atoms with Crippen LogP contribution in [0.1, 0.15) is 16.1 Å². The maximum absolute atomic E-state index is 10.6. The molecule has 0 unspecified atom stereocenters. The molecule has 0 fully saturated rings. The molecule has 0 bridgehead atoms. The van der Waals surface area contributed by atoms with Gasteiger partial charge in [0.25, 0.3) is 0 Å². The fourth-order valence-electron chi connectivity index (χ4n) is 1.31. The molecule has 5 nitrogen and oxygen atoms in total. The Morgan fingerprint density at radius 2 is 2.28 bits per heavy atom. The molecule has 0 amide bonds. The number of aldehydes is 1. The van der Waals surface area contributed by atoms with Gasteiger partial charge in [0.2, 0.25) is 0 Å². The van der Waals surface area contributed by atoms with Crippen LogP contribution in [0.2, 0.25) is 4.34 Å². The molecule has 7 heteroatoms. The zero-order chi connectivity index (χ0) is 13.0. The van der Waals surface area contributed by atoms with Gasteiger partial charge in [0.05, 0.1) is 7.11 Å². The van der Waals surface area contributed by atoms with Gasteiger partial charge in [-0.05, 0) is 18.2 Å². The number of aromatic nitrogens is 2. The van der Waals surface area contributed by atoms with E-state index in [1.165, 1.54) is 7.11 Å². The second-order valence-corrected chi connectivity index (χ2v) is 4.67. The first-order valence-electron chi connectivity index (χ1n) is 4.97. The Bertz CT molecular complexity index is 559. The lowest BCUT2D eigenvalue weighted by molar-refractivity contribution is 0.112. The van der Waals surface area contributed by atoms with Gasteiger partial charge in [-0.25, -0.2) is 0 Å². The zero-order valence-corrected chi connectivity index (χ0v) is 11.0. The highest BCUT2D eigenvalue weighted by atomic mass is 35.5. The minimum atomic E-state index is 0.201. The van der Waals surface area contributed by atoms with Gasteiger partial charge < -0.3 is 9.47 Å². The average molecular weight is 285 g/mol. The van der Waals surface area contributed by atoms with Gasteiger partial charge in [0.15, 0.2) is 11.5 Å². The van der Waals surface area contributed by atoms with Crippen molar-refractivity contribution in [3.63, 3.8) is 0 Å². The fourth-order valence-corrected chi connectivity index (χ4v) is 1.91. The minimum absolute atomic E-state index is 0.201. The molecule has 0 aliphatic rings. The third-order valence-corrected chi connectivity index (χ3v) is 3.18. The van der Waals surface area contributed by atoms with Crippen molar-refractivity contribution >= 4 is 29.4 Å². The molecule has 2 rings (SSSR count). The van der Waals surface area contributed by atoms with Crippen molar-refractivity contribution in [2.45, 2.75) is 6.61 Å². The van der Waals surface area contributed by atoms with Crippen molar-refractivity contribution in [2.75, 3.05) is 7.11 Å². The molecule has 0 saturated heterocycles. The van der Waals surface area contributed by atoms with E-state index in [2.05, 4.69) is 9.59 Å². The van der Waals surface area contributed by atoms with E-state index >= 15 is 0 Å². The van der Waals surface area contributed by atoms with Gasteiger partial charge in [-0.15, -0.1) is 5.10 Å². The van der Waals surface area contributed by atoms with Crippen LogP contribution in [0.25, 0.3) is 0 Å². The second-order valence-electron chi connectivity index (χ2n) is 3.31. The number of hydrogen-bond acceptors (Lipinski definition) is 6. The number of methoxy groups -OCH3 is 1. The van der Waals surface area contributed by atoms with Gasteiger partial charge >= 0.3 is 0 Å². The van der Waals surface area contributed by atoms with E-state index in [1.54, 1.807) is 18.2 Å². The first kappa shape index (κ1) is 12.8. The number of nitrogens with zero attached hydrogens (tertiary/aromatic N) is 2. The Morgan fingerprint density at radius 3 is 2.89 bits per heavy atom. The summed E-state index contributed by atoms with van der Waals surface area (Å²) in [5.41, 5.74) is 1.09. The number of hydrogen-bond donors (Lipinski definition) is 0. The average Bonchev–Trinajstić information content (AvgIpc) is 2.81. The summed E-state index contributed by atoms with van der Waals surface area (Å²) in [5.74, 6) is 1.01. The lowest BCUT2D eigenvalue weighted by Gasteiger charge is -2.09. The van der Waals surface area contributed by atoms with E-state index < -0.39 is 0 Å². The highest BCUT2D eigenvalue weighted by molar-refractivity contribution is 7.10. The largest absolute Gasteiger partial charge is 0.493 e. The Kier molecular flexibility index (Phi) is 4.11. The van der Waals surface area contributed by atoms with E-state index in [0.717, 1.165) is 17.8 Å². The molecular formula is C11H9ClN2O3S. The summed E-state index contributed by atoms with van der Waals surface area (Å²) in [6.45, 7) is 0.201. The van der Waals surface area contributed by atoms with E-state index in [1.807, 2.05) is 0 Å². The van der Waals surface area contributed by atoms with Crippen LogP contribution in [-0.2, 0) is 6.61 Å². The second kappa shape index (κ2) is 5.79. The molecule has 0 saturated carbocycles. The van der Waals surface area contributed by atoms with E-state index in [9.17, 15) is 4.79 Å².